The third-order valence-electron chi connectivity index (χ3n) is 3.50. The molecule has 0 saturated heterocycles. The van der Waals surface area contributed by atoms with E-state index in [1.807, 2.05) is 0 Å². The summed E-state index contributed by atoms with van der Waals surface area (Å²) < 4.78 is -1.83. The Hall–Kier alpha value is -1.35. The van der Waals surface area contributed by atoms with Crippen LogP contribution in [0.3, 0.4) is 0 Å². The van der Waals surface area contributed by atoms with E-state index in [9.17, 15) is 14.9 Å². The largest absolute Gasteiger partial charge is 0.339 e. The zero-order valence-corrected chi connectivity index (χ0v) is 17.7. The number of alkyl halides is 3. The number of carbonyl (C=O) groups excluding carboxylic acids is 1. The summed E-state index contributed by atoms with van der Waals surface area (Å²) in [5, 5.41) is 18.9. The maximum absolute atomic E-state index is 12.0. The molecule has 1 atom stereocenters. The molecule has 0 saturated carbocycles. The molecule has 0 aliphatic carbocycles. The number of benzene rings is 1. The van der Waals surface area contributed by atoms with Gasteiger partial charge < -0.3 is 16.0 Å². The highest BCUT2D eigenvalue weighted by molar-refractivity contribution is 7.80. The van der Waals surface area contributed by atoms with E-state index < -0.39 is 14.9 Å². The quantitative estimate of drug-likeness (QED) is 0.125. The van der Waals surface area contributed by atoms with Gasteiger partial charge in [0.1, 0.15) is 6.17 Å². The summed E-state index contributed by atoms with van der Waals surface area (Å²) >= 11 is 22.9. The Morgan fingerprint density at radius 2 is 1.81 bits per heavy atom. The SMILES string of the molecule is CCCCCCC(=O)NC(NC(=S)Nc1ccc([N+](=O)[O-])cc1)C(Cl)(Cl)Cl. The molecule has 1 unspecified atom stereocenters. The van der Waals surface area contributed by atoms with E-state index in [-0.39, 0.29) is 16.7 Å². The van der Waals surface area contributed by atoms with Crippen molar-refractivity contribution in [3.63, 3.8) is 0 Å². The molecular formula is C16H21Cl3N4O3S. The molecule has 0 heterocycles. The summed E-state index contributed by atoms with van der Waals surface area (Å²) in [7, 11) is 0. The molecule has 1 amide bonds. The Bertz CT molecular complexity index is 653. The van der Waals surface area contributed by atoms with E-state index in [1.165, 1.54) is 24.3 Å². The number of hydrogen-bond acceptors (Lipinski definition) is 4. The zero-order chi connectivity index (χ0) is 20.4. The molecule has 27 heavy (non-hydrogen) atoms. The van der Waals surface area contributed by atoms with Gasteiger partial charge >= 0.3 is 0 Å². The van der Waals surface area contributed by atoms with Crippen LogP contribution in [-0.4, -0.2) is 25.9 Å². The number of anilines is 1. The fourth-order valence-corrected chi connectivity index (χ4v) is 2.67. The number of nitro benzene ring substituents is 1. The van der Waals surface area contributed by atoms with Gasteiger partial charge in [0.25, 0.3) is 5.69 Å². The molecule has 150 valence electrons. The lowest BCUT2D eigenvalue weighted by molar-refractivity contribution is -0.384. The van der Waals surface area contributed by atoms with Crippen molar-refractivity contribution in [3.05, 3.63) is 34.4 Å². The molecule has 0 bridgehead atoms. The van der Waals surface area contributed by atoms with E-state index in [2.05, 4.69) is 22.9 Å². The number of unbranched alkanes of at least 4 members (excludes halogenated alkanes) is 3. The van der Waals surface area contributed by atoms with Gasteiger partial charge in [0.05, 0.1) is 4.92 Å². The van der Waals surface area contributed by atoms with Crippen LogP contribution in [0.25, 0.3) is 0 Å². The Kier molecular flexibility index (Phi) is 10.1. The molecule has 0 spiro atoms. The van der Waals surface area contributed by atoms with Crippen molar-refractivity contribution < 1.29 is 9.72 Å². The number of nitro groups is 1. The van der Waals surface area contributed by atoms with Crippen molar-refractivity contribution in [3.8, 4) is 0 Å². The van der Waals surface area contributed by atoms with E-state index in [0.717, 1.165) is 25.7 Å². The van der Waals surface area contributed by atoms with Crippen LogP contribution in [-0.2, 0) is 4.79 Å². The van der Waals surface area contributed by atoms with Crippen LogP contribution < -0.4 is 16.0 Å². The molecule has 3 N–H and O–H groups in total. The molecule has 11 heteroatoms. The van der Waals surface area contributed by atoms with Crippen LogP contribution in [0.15, 0.2) is 24.3 Å². The number of thiocarbonyl (C=S) groups is 1. The van der Waals surface area contributed by atoms with Crippen LogP contribution in [0.1, 0.15) is 39.0 Å². The molecule has 1 rings (SSSR count). The number of carbonyl (C=O) groups is 1. The smallest absolute Gasteiger partial charge is 0.269 e. The summed E-state index contributed by atoms with van der Waals surface area (Å²) in [5.41, 5.74) is 0.459. The van der Waals surface area contributed by atoms with Gasteiger partial charge in [-0.05, 0) is 30.8 Å². The van der Waals surface area contributed by atoms with Gasteiger partial charge in [-0.15, -0.1) is 0 Å². The fraction of sp³-hybridized carbons (Fsp3) is 0.500. The van der Waals surface area contributed by atoms with Crippen molar-refractivity contribution in [1.29, 1.82) is 0 Å². The summed E-state index contributed by atoms with van der Waals surface area (Å²) in [5.74, 6) is -0.256. The summed E-state index contributed by atoms with van der Waals surface area (Å²) in [6.07, 6.45) is 3.11. The second-order valence-electron chi connectivity index (χ2n) is 5.76. The third-order valence-corrected chi connectivity index (χ3v) is 4.38. The predicted molar refractivity (Wildman–Crippen MR) is 113 cm³/mol. The van der Waals surface area contributed by atoms with Gasteiger partial charge in [0.2, 0.25) is 9.70 Å². The highest BCUT2D eigenvalue weighted by atomic mass is 35.6. The molecule has 0 fully saturated rings. The topological polar surface area (TPSA) is 96.3 Å². The van der Waals surface area contributed by atoms with Gasteiger partial charge in [0, 0.05) is 24.2 Å². The molecule has 0 aromatic heterocycles. The van der Waals surface area contributed by atoms with Crippen LogP contribution in [0, 0.1) is 10.1 Å². The molecular weight excluding hydrogens is 435 g/mol. The number of rotatable bonds is 9. The first-order valence-electron chi connectivity index (χ1n) is 8.31. The number of hydrogen-bond donors (Lipinski definition) is 3. The average Bonchev–Trinajstić information content (AvgIpc) is 2.58. The first-order chi connectivity index (χ1) is 12.6. The van der Waals surface area contributed by atoms with Crippen LogP contribution in [0.2, 0.25) is 0 Å². The predicted octanol–water partition coefficient (Wildman–Crippen LogP) is 4.66. The van der Waals surface area contributed by atoms with E-state index in [4.69, 9.17) is 47.0 Å². The molecule has 7 nitrogen and oxygen atoms in total. The lowest BCUT2D eigenvalue weighted by atomic mass is 10.1. The summed E-state index contributed by atoms with van der Waals surface area (Å²) in [6, 6.07) is 5.64. The van der Waals surface area contributed by atoms with Gasteiger partial charge in [-0.3, -0.25) is 14.9 Å². The van der Waals surface area contributed by atoms with Crippen molar-refractivity contribution in [2.45, 2.75) is 49.0 Å². The number of nitrogens with one attached hydrogen (secondary N) is 3. The highest BCUT2D eigenvalue weighted by Crippen LogP contribution is 2.29. The van der Waals surface area contributed by atoms with Crippen molar-refractivity contribution in [1.82, 2.24) is 10.6 Å². The minimum atomic E-state index is -1.83. The first kappa shape index (κ1) is 23.7. The van der Waals surface area contributed by atoms with Gasteiger partial charge in [-0.1, -0.05) is 61.0 Å². The van der Waals surface area contributed by atoms with Crippen molar-refractivity contribution >= 4 is 69.4 Å². The second kappa shape index (κ2) is 11.5. The van der Waals surface area contributed by atoms with E-state index >= 15 is 0 Å². The lowest BCUT2D eigenvalue weighted by Crippen LogP contribution is -2.56. The molecule has 1 aromatic rings. The Labute approximate surface area is 178 Å². The minimum Gasteiger partial charge on any atom is -0.339 e. The van der Waals surface area contributed by atoms with E-state index in [0.29, 0.717) is 12.1 Å². The molecule has 0 radical (unpaired) electrons. The number of non-ortho nitro benzene ring substituents is 1. The van der Waals surface area contributed by atoms with Gasteiger partial charge in [0.15, 0.2) is 5.11 Å². The summed E-state index contributed by atoms with van der Waals surface area (Å²) in [4.78, 5) is 22.2. The average molecular weight is 456 g/mol. The minimum absolute atomic E-state index is 0.0473. The fourth-order valence-electron chi connectivity index (χ4n) is 2.11. The lowest BCUT2D eigenvalue weighted by Gasteiger charge is -2.27. The molecule has 1 aromatic carbocycles. The Morgan fingerprint density at radius 1 is 1.19 bits per heavy atom. The zero-order valence-electron chi connectivity index (χ0n) is 14.6. The monoisotopic (exact) mass is 454 g/mol. The van der Waals surface area contributed by atoms with Gasteiger partial charge in [-0.2, -0.15) is 0 Å². The maximum Gasteiger partial charge on any atom is 0.269 e. The van der Waals surface area contributed by atoms with Gasteiger partial charge in [-0.25, -0.2) is 0 Å². The van der Waals surface area contributed by atoms with Crippen molar-refractivity contribution in [2.75, 3.05) is 5.32 Å². The second-order valence-corrected chi connectivity index (χ2v) is 8.53. The molecule has 0 aliphatic heterocycles. The van der Waals surface area contributed by atoms with Crippen molar-refractivity contribution in [2.24, 2.45) is 0 Å². The van der Waals surface area contributed by atoms with E-state index in [1.54, 1.807) is 0 Å². The highest BCUT2D eigenvalue weighted by Gasteiger charge is 2.34. The van der Waals surface area contributed by atoms with Crippen LogP contribution in [0.5, 0.6) is 0 Å². The standard InChI is InChI=1S/C16H21Cl3N4O3S/c1-2-3-4-5-6-13(24)21-14(16(17,18)19)22-15(27)20-11-7-9-12(10-8-11)23(25)26/h7-10,14H,2-6H2,1H3,(H,21,24)(H2,20,22,27). The van der Waals surface area contributed by atoms with Crippen LogP contribution in [0.4, 0.5) is 11.4 Å². The van der Waals surface area contributed by atoms with Crippen LogP contribution >= 0.6 is 47.0 Å². The number of halogens is 3. The Morgan fingerprint density at radius 3 is 2.33 bits per heavy atom. The Balaban J connectivity index is 2.61. The number of nitrogens with zero attached hydrogens (tertiary/aromatic N) is 1. The summed E-state index contributed by atoms with van der Waals surface area (Å²) in [6.45, 7) is 2.09. The first-order valence-corrected chi connectivity index (χ1v) is 9.85. The number of amides is 1. The molecule has 0 aliphatic rings. The third kappa shape index (κ3) is 9.41. The normalized spacial score (nSPS) is 12.1. The maximum atomic E-state index is 12.0.